The summed E-state index contributed by atoms with van der Waals surface area (Å²) in [7, 11) is -2.29. The standard InChI is InChI=1S/C43H51N5O8S/c1-55-31-16-19-34-36(23-31)44-35(28-12-7-5-8-13-28)25-38(34)56-32-24-37-40(50)45-43(42(52)46-57(53,54)33-17-18-33)26-30(43)15-9-4-2-3-6-14-29(41(51)48(37)27-32)22-39(49)47-20-10-11-21-47/h5,7-9,12-13,15-16,19,23,25,29-30,32-33,37H,2-4,6,10-11,14,17-18,20-22,24,26-27H2,1H3,(H,45,50)(H,46,52)/t29-,30-,32-,37+,43-/m1/s1. The number of carbonyl (C=O) groups excluding carboxylic acids is 4. The van der Waals surface area contributed by atoms with E-state index in [1.54, 1.807) is 7.11 Å². The summed E-state index contributed by atoms with van der Waals surface area (Å²) in [6, 6.07) is 16.1. The summed E-state index contributed by atoms with van der Waals surface area (Å²) in [5.74, 6) is -1.55. The Morgan fingerprint density at radius 2 is 1.77 bits per heavy atom. The molecule has 4 heterocycles. The van der Waals surface area contributed by atoms with Crippen molar-refractivity contribution in [1.82, 2.24) is 24.8 Å². The molecule has 0 spiro atoms. The molecule has 57 heavy (non-hydrogen) atoms. The van der Waals surface area contributed by atoms with Gasteiger partial charge in [-0.15, -0.1) is 0 Å². The van der Waals surface area contributed by atoms with Crippen molar-refractivity contribution in [2.45, 2.75) is 100.0 Å². The van der Waals surface area contributed by atoms with E-state index in [0.717, 1.165) is 49.5 Å². The molecule has 2 aliphatic carbocycles. The first kappa shape index (κ1) is 38.9. The van der Waals surface area contributed by atoms with Crippen LogP contribution < -0.4 is 19.5 Å². The molecule has 5 atom stereocenters. The molecule has 0 radical (unpaired) electrons. The summed E-state index contributed by atoms with van der Waals surface area (Å²) in [6.07, 6.45) is 10.2. The van der Waals surface area contributed by atoms with Crippen molar-refractivity contribution >= 4 is 44.6 Å². The first-order chi connectivity index (χ1) is 27.5. The number of nitrogens with one attached hydrogen (secondary N) is 2. The van der Waals surface area contributed by atoms with Crippen LogP contribution in [-0.4, -0.2) is 96.5 Å². The highest BCUT2D eigenvalue weighted by Gasteiger charge is 2.62. The van der Waals surface area contributed by atoms with Gasteiger partial charge in [-0.05, 0) is 63.5 Å². The van der Waals surface area contributed by atoms with Gasteiger partial charge < -0.3 is 24.6 Å². The lowest BCUT2D eigenvalue weighted by atomic mass is 9.94. The molecule has 2 N–H and O–H groups in total. The Balaban J connectivity index is 1.12. The lowest BCUT2D eigenvalue weighted by Crippen LogP contribution is -2.57. The van der Waals surface area contributed by atoms with Crippen LogP contribution in [0.4, 0.5) is 0 Å². The van der Waals surface area contributed by atoms with Crippen molar-refractivity contribution in [3.8, 4) is 22.8 Å². The summed E-state index contributed by atoms with van der Waals surface area (Å²) < 4.78 is 40.4. The molecule has 3 aromatic rings. The molecular weight excluding hydrogens is 747 g/mol. The van der Waals surface area contributed by atoms with Crippen LogP contribution in [0.25, 0.3) is 22.2 Å². The van der Waals surface area contributed by atoms with Crippen LogP contribution in [0.2, 0.25) is 0 Å². The third kappa shape index (κ3) is 8.37. The second-order valence-corrected chi connectivity index (χ2v) is 18.2. The number of hydrogen-bond acceptors (Lipinski definition) is 9. The second kappa shape index (κ2) is 16.1. The Hall–Kier alpha value is -4.98. The zero-order chi connectivity index (χ0) is 39.7. The molecule has 4 amide bonds. The monoisotopic (exact) mass is 797 g/mol. The first-order valence-electron chi connectivity index (χ1n) is 20.4. The number of sulfonamides is 1. The number of likely N-dealkylation sites (tertiary alicyclic amines) is 1. The third-order valence-corrected chi connectivity index (χ3v) is 14.0. The van der Waals surface area contributed by atoms with Gasteiger partial charge in [-0.25, -0.2) is 13.4 Å². The number of amides is 4. The maximum atomic E-state index is 14.8. The number of hydrogen-bond donors (Lipinski definition) is 2. The largest absolute Gasteiger partial charge is 0.497 e. The van der Waals surface area contributed by atoms with Crippen molar-refractivity contribution in [2.75, 3.05) is 26.7 Å². The fourth-order valence-electron chi connectivity index (χ4n) is 8.62. The highest BCUT2D eigenvalue weighted by Crippen LogP contribution is 2.46. The Bertz CT molecular complexity index is 2170. The van der Waals surface area contributed by atoms with E-state index in [9.17, 15) is 27.6 Å². The van der Waals surface area contributed by atoms with E-state index in [4.69, 9.17) is 14.5 Å². The number of nitrogens with zero attached hydrogens (tertiary/aromatic N) is 3. The van der Waals surface area contributed by atoms with Gasteiger partial charge in [0.15, 0.2) is 0 Å². The Kier molecular flexibility index (Phi) is 11.0. The van der Waals surface area contributed by atoms with E-state index < -0.39 is 56.6 Å². The van der Waals surface area contributed by atoms with Gasteiger partial charge in [-0.2, -0.15) is 0 Å². The quantitative estimate of drug-likeness (QED) is 0.287. The number of allylic oxidation sites excluding steroid dienone is 1. The van der Waals surface area contributed by atoms with E-state index in [-0.39, 0.29) is 37.6 Å². The van der Waals surface area contributed by atoms with Gasteiger partial charge in [0.05, 0.1) is 30.1 Å². The van der Waals surface area contributed by atoms with Crippen LogP contribution >= 0.6 is 0 Å². The van der Waals surface area contributed by atoms with E-state index in [1.165, 1.54) is 4.90 Å². The highest BCUT2D eigenvalue weighted by atomic mass is 32.2. The SMILES string of the molecule is COc1ccc2c(O[C@@H]3C[C@H]4C(=O)N[C@]5(C(=O)NS(=O)(=O)C6CC6)C[C@H]5C=CCCCCC[C@H](CC(=O)N5CCCC5)C(=O)N4C3)cc(-c3ccccc3)nc2c1. The van der Waals surface area contributed by atoms with Crippen LogP contribution in [0.15, 0.2) is 66.7 Å². The van der Waals surface area contributed by atoms with Crippen LogP contribution in [0.3, 0.4) is 0 Å². The molecule has 14 heteroatoms. The van der Waals surface area contributed by atoms with Crippen LogP contribution in [0.5, 0.6) is 11.5 Å². The Morgan fingerprint density at radius 1 is 0.982 bits per heavy atom. The first-order valence-corrected chi connectivity index (χ1v) is 21.9. The lowest BCUT2D eigenvalue weighted by molar-refractivity contribution is -0.145. The van der Waals surface area contributed by atoms with Gasteiger partial charge in [0.1, 0.15) is 29.2 Å². The summed E-state index contributed by atoms with van der Waals surface area (Å²) in [6.45, 7) is 1.43. The minimum Gasteiger partial charge on any atom is -0.497 e. The minimum atomic E-state index is -3.88. The average Bonchev–Trinajstić information content (AvgIpc) is 4.07. The van der Waals surface area contributed by atoms with Gasteiger partial charge in [0.25, 0.3) is 5.91 Å². The van der Waals surface area contributed by atoms with Crippen LogP contribution in [0.1, 0.15) is 77.0 Å². The molecule has 2 saturated heterocycles. The van der Waals surface area contributed by atoms with E-state index >= 15 is 0 Å². The van der Waals surface area contributed by atoms with Crippen LogP contribution in [-0.2, 0) is 29.2 Å². The van der Waals surface area contributed by atoms with Crippen LogP contribution in [0, 0.1) is 11.8 Å². The predicted molar refractivity (Wildman–Crippen MR) is 213 cm³/mol. The molecule has 4 fully saturated rings. The molecule has 8 rings (SSSR count). The molecule has 302 valence electrons. The van der Waals surface area contributed by atoms with Gasteiger partial charge in [-0.3, -0.25) is 23.9 Å². The topological polar surface area (TPSA) is 164 Å². The number of fused-ring (bicyclic) bond motifs is 3. The van der Waals surface area contributed by atoms with Crippen molar-refractivity contribution in [3.63, 3.8) is 0 Å². The van der Waals surface area contributed by atoms with E-state index in [2.05, 4.69) is 10.0 Å². The van der Waals surface area contributed by atoms with Crippen molar-refractivity contribution < 1.29 is 37.1 Å². The minimum absolute atomic E-state index is 0.0554. The van der Waals surface area contributed by atoms with Gasteiger partial charge in [0, 0.05) is 60.8 Å². The molecule has 2 saturated carbocycles. The molecule has 1 aromatic heterocycles. The third-order valence-electron chi connectivity index (χ3n) is 12.2. The molecule has 0 unspecified atom stereocenters. The zero-order valence-electron chi connectivity index (χ0n) is 32.4. The number of benzene rings is 2. The Labute approximate surface area is 333 Å². The van der Waals surface area contributed by atoms with Crippen molar-refractivity contribution in [2.24, 2.45) is 11.8 Å². The van der Waals surface area contributed by atoms with Gasteiger partial charge >= 0.3 is 0 Å². The number of carbonyl (C=O) groups is 4. The number of ether oxygens (including phenoxy) is 2. The summed E-state index contributed by atoms with van der Waals surface area (Å²) in [5.41, 5.74) is 0.733. The fraction of sp³-hybridized carbons (Fsp3) is 0.512. The number of pyridine rings is 1. The molecule has 2 aromatic carbocycles. The highest BCUT2D eigenvalue weighted by molar-refractivity contribution is 7.91. The summed E-state index contributed by atoms with van der Waals surface area (Å²) >= 11 is 0. The smallest absolute Gasteiger partial charge is 0.259 e. The zero-order valence-corrected chi connectivity index (χ0v) is 33.2. The maximum absolute atomic E-state index is 14.8. The van der Waals surface area contributed by atoms with Crippen molar-refractivity contribution in [3.05, 3.63) is 66.7 Å². The predicted octanol–water partition coefficient (Wildman–Crippen LogP) is 4.89. The van der Waals surface area contributed by atoms with E-state index in [0.29, 0.717) is 55.1 Å². The van der Waals surface area contributed by atoms with Gasteiger partial charge in [-0.1, -0.05) is 55.3 Å². The molecule has 13 nitrogen and oxygen atoms in total. The fourth-order valence-corrected chi connectivity index (χ4v) is 9.99. The lowest BCUT2D eigenvalue weighted by Gasteiger charge is -2.30. The summed E-state index contributed by atoms with van der Waals surface area (Å²) in [5, 5.41) is 3.07. The molecule has 3 aliphatic heterocycles. The second-order valence-electron chi connectivity index (χ2n) is 16.2. The molecular formula is C43H51N5O8S. The number of rotatable bonds is 9. The van der Waals surface area contributed by atoms with Crippen molar-refractivity contribution in [1.29, 1.82) is 0 Å². The van der Waals surface area contributed by atoms with Gasteiger partial charge in [0.2, 0.25) is 27.7 Å². The maximum Gasteiger partial charge on any atom is 0.259 e. The molecule has 0 bridgehead atoms. The van der Waals surface area contributed by atoms with E-state index in [1.807, 2.05) is 71.6 Å². The molecule has 5 aliphatic rings. The normalized spacial score (nSPS) is 26.8. The Morgan fingerprint density at radius 3 is 2.53 bits per heavy atom. The average molecular weight is 798 g/mol. The summed E-state index contributed by atoms with van der Waals surface area (Å²) in [4.78, 5) is 65.0. The number of methoxy groups -OCH3 is 1. The number of aromatic nitrogens is 1.